The Morgan fingerprint density at radius 3 is 2.62 bits per heavy atom. The largest absolute Gasteiger partial charge is 0.496 e. The number of hydrogen-bond donors (Lipinski definition) is 3. The van der Waals surface area contributed by atoms with Crippen molar-refractivity contribution < 1.29 is 9.53 Å². The number of methoxy groups -OCH3 is 1. The topological polar surface area (TPSA) is 78.0 Å². The molecule has 2 atom stereocenters. The van der Waals surface area contributed by atoms with Crippen molar-refractivity contribution >= 4 is 41.5 Å². The number of hydrogen-bond acceptors (Lipinski definition) is 4. The molecule has 1 fully saturated rings. The summed E-state index contributed by atoms with van der Waals surface area (Å²) in [5.41, 5.74) is 3.27. The van der Waals surface area contributed by atoms with E-state index in [-0.39, 0.29) is 41.8 Å². The monoisotopic (exact) mass is 577 g/mol. The van der Waals surface area contributed by atoms with Gasteiger partial charge >= 0.3 is 0 Å². The highest BCUT2D eigenvalue weighted by Gasteiger charge is 2.27. The van der Waals surface area contributed by atoms with Crippen LogP contribution in [0.25, 0.3) is 0 Å². The number of halogens is 1. The van der Waals surface area contributed by atoms with Crippen molar-refractivity contribution in [1.29, 1.82) is 0 Å². The number of aliphatic imine (C=N–C) groups is 1. The molecule has 2 aromatic carbocycles. The third-order valence-corrected chi connectivity index (χ3v) is 6.64. The highest BCUT2D eigenvalue weighted by Crippen LogP contribution is 2.32. The minimum absolute atomic E-state index is 0. The first-order chi connectivity index (χ1) is 16.2. The smallest absolute Gasteiger partial charge is 0.225 e. The van der Waals surface area contributed by atoms with E-state index in [4.69, 9.17) is 4.74 Å². The summed E-state index contributed by atoms with van der Waals surface area (Å²) in [5.74, 6) is 1.84. The Labute approximate surface area is 219 Å². The second-order valence-corrected chi connectivity index (χ2v) is 8.72. The summed E-state index contributed by atoms with van der Waals surface area (Å²) in [6.07, 6.45) is 4.21. The van der Waals surface area contributed by atoms with E-state index >= 15 is 0 Å². The van der Waals surface area contributed by atoms with Crippen LogP contribution in [0, 0.1) is 0 Å². The summed E-state index contributed by atoms with van der Waals surface area (Å²) in [6.45, 7) is 3.55. The molecule has 0 spiro atoms. The summed E-state index contributed by atoms with van der Waals surface area (Å²) in [5, 5.41) is 9.95. The first-order valence-corrected chi connectivity index (χ1v) is 11.9. The SMILES string of the molecule is CN=C(NCC1CC(=O)Nc2ccccc21)NCC(c1ccccc1OC)N1CCCCC1.I. The molecular weight excluding hydrogens is 541 g/mol. The molecule has 0 aromatic heterocycles. The van der Waals surface area contributed by atoms with Gasteiger partial charge in [0.1, 0.15) is 5.75 Å². The van der Waals surface area contributed by atoms with Crippen LogP contribution in [0.2, 0.25) is 0 Å². The fourth-order valence-electron chi connectivity index (χ4n) is 4.93. The second kappa shape index (κ2) is 12.9. The molecule has 0 saturated carbocycles. The van der Waals surface area contributed by atoms with E-state index in [0.29, 0.717) is 13.0 Å². The van der Waals surface area contributed by atoms with Crippen LogP contribution in [0.3, 0.4) is 0 Å². The predicted octanol–water partition coefficient (Wildman–Crippen LogP) is 4.13. The molecule has 184 valence electrons. The molecule has 3 N–H and O–H groups in total. The zero-order chi connectivity index (χ0) is 23.0. The number of piperidine rings is 1. The van der Waals surface area contributed by atoms with E-state index in [0.717, 1.165) is 37.0 Å². The van der Waals surface area contributed by atoms with E-state index in [1.807, 2.05) is 30.3 Å². The van der Waals surface area contributed by atoms with Crippen molar-refractivity contribution in [1.82, 2.24) is 15.5 Å². The van der Waals surface area contributed by atoms with Gasteiger partial charge in [-0.25, -0.2) is 0 Å². The Bertz CT molecular complexity index is 977. The lowest BCUT2D eigenvalue weighted by Gasteiger charge is -2.36. The number of nitrogens with one attached hydrogen (secondary N) is 3. The Morgan fingerprint density at radius 1 is 1.12 bits per heavy atom. The average molecular weight is 578 g/mol. The number of guanidine groups is 1. The van der Waals surface area contributed by atoms with E-state index in [1.165, 1.54) is 30.4 Å². The van der Waals surface area contributed by atoms with Crippen molar-refractivity contribution in [2.45, 2.75) is 37.6 Å². The van der Waals surface area contributed by atoms with Crippen molar-refractivity contribution in [3.8, 4) is 5.75 Å². The highest BCUT2D eigenvalue weighted by molar-refractivity contribution is 14.0. The molecule has 2 aliphatic heterocycles. The number of nitrogens with zero attached hydrogens (tertiary/aromatic N) is 2. The van der Waals surface area contributed by atoms with Gasteiger partial charge < -0.3 is 20.7 Å². The van der Waals surface area contributed by atoms with Gasteiger partial charge in [0.05, 0.1) is 13.2 Å². The highest BCUT2D eigenvalue weighted by atomic mass is 127. The number of benzene rings is 2. The zero-order valence-electron chi connectivity index (χ0n) is 20.0. The zero-order valence-corrected chi connectivity index (χ0v) is 22.4. The molecule has 2 heterocycles. The van der Waals surface area contributed by atoms with Gasteiger partial charge in [-0.2, -0.15) is 0 Å². The van der Waals surface area contributed by atoms with Crippen LogP contribution >= 0.6 is 24.0 Å². The van der Waals surface area contributed by atoms with Gasteiger partial charge in [0, 0.05) is 43.7 Å². The quantitative estimate of drug-likeness (QED) is 0.262. The van der Waals surface area contributed by atoms with Crippen LogP contribution in [-0.2, 0) is 4.79 Å². The molecule has 0 bridgehead atoms. The van der Waals surface area contributed by atoms with Crippen molar-refractivity contribution in [3.05, 3.63) is 59.7 Å². The fraction of sp³-hybridized carbons (Fsp3) is 0.462. The molecule has 4 rings (SSSR count). The maximum Gasteiger partial charge on any atom is 0.225 e. The van der Waals surface area contributed by atoms with Crippen LogP contribution in [0.1, 0.15) is 48.8 Å². The Hall–Kier alpha value is -2.33. The Kier molecular flexibility index (Phi) is 10.0. The van der Waals surface area contributed by atoms with Gasteiger partial charge in [-0.05, 0) is 43.6 Å². The maximum atomic E-state index is 12.2. The molecule has 7 nitrogen and oxygen atoms in total. The van der Waals surface area contributed by atoms with Crippen LogP contribution in [0.4, 0.5) is 5.69 Å². The molecule has 34 heavy (non-hydrogen) atoms. The summed E-state index contributed by atoms with van der Waals surface area (Å²) in [6, 6.07) is 16.5. The van der Waals surface area contributed by atoms with E-state index in [9.17, 15) is 4.79 Å². The van der Waals surface area contributed by atoms with Gasteiger partial charge in [0.15, 0.2) is 5.96 Å². The molecule has 2 unspecified atom stereocenters. The third-order valence-electron chi connectivity index (χ3n) is 6.64. The van der Waals surface area contributed by atoms with Gasteiger partial charge in [-0.1, -0.05) is 42.8 Å². The molecule has 8 heteroatoms. The second-order valence-electron chi connectivity index (χ2n) is 8.72. The standard InChI is InChI=1S/C26H35N5O2.HI/c1-27-26(28-17-19-16-25(32)30-22-12-6-4-10-20(19)22)29-18-23(31-14-8-3-9-15-31)21-11-5-7-13-24(21)33-2;/h4-7,10-13,19,23H,3,8-9,14-18H2,1-2H3,(H,30,32)(H2,27,28,29);1H. The van der Waals surface area contributed by atoms with Crippen LogP contribution in [0.15, 0.2) is 53.5 Å². The van der Waals surface area contributed by atoms with Gasteiger partial charge in [0.25, 0.3) is 0 Å². The van der Waals surface area contributed by atoms with E-state index in [1.54, 1.807) is 14.2 Å². The lowest BCUT2D eigenvalue weighted by atomic mass is 9.90. The van der Waals surface area contributed by atoms with Crippen LogP contribution < -0.4 is 20.7 Å². The molecule has 1 amide bonds. The molecule has 0 aliphatic carbocycles. The number of likely N-dealkylation sites (tertiary alicyclic amines) is 1. The fourth-order valence-corrected chi connectivity index (χ4v) is 4.93. The van der Waals surface area contributed by atoms with Gasteiger partial charge in [-0.15, -0.1) is 24.0 Å². The summed E-state index contributed by atoms with van der Waals surface area (Å²) < 4.78 is 5.68. The van der Waals surface area contributed by atoms with E-state index < -0.39 is 0 Å². The number of carbonyl (C=O) groups excluding carboxylic acids is 1. The van der Waals surface area contributed by atoms with Crippen molar-refractivity contribution in [3.63, 3.8) is 0 Å². The lowest BCUT2D eigenvalue weighted by molar-refractivity contribution is -0.116. The normalized spacial score (nSPS) is 19.3. The average Bonchev–Trinajstić information content (AvgIpc) is 2.86. The Morgan fingerprint density at radius 2 is 1.85 bits per heavy atom. The molecule has 1 saturated heterocycles. The molecular formula is C26H36IN5O2. The van der Waals surface area contributed by atoms with Gasteiger partial charge in [0.2, 0.25) is 5.91 Å². The number of rotatable bonds is 7. The van der Waals surface area contributed by atoms with Crippen LogP contribution in [-0.4, -0.2) is 57.1 Å². The van der Waals surface area contributed by atoms with Crippen LogP contribution in [0.5, 0.6) is 5.75 Å². The number of para-hydroxylation sites is 2. The minimum atomic E-state index is 0. The molecule has 0 radical (unpaired) electrons. The minimum Gasteiger partial charge on any atom is -0.496 e. The predicted molar refractivity (Wildman–Crippen MR) is 148 cm³/mol. The summed E-state index contributed by atoms with van der Waals surface area (Å²) in [7, 11) is 3.52. The van der Waals surface area contributed by atoms with Gasteiger partial charge in [-0.3, -0.25) is 14.7 Å². The first kappa shape index (κ1) is 26.3. The Balaban J connectivity index is 0.00000324. The molecule has 2 aliphatic rings. The third kappa shape index (κ3) is 6.41. The number of ether oxygens (including phenoxy) is 1. The number of fused-ring (bicyclic) bond motifs is 1. The number of amides is 1. The summed E-state index contributed by atoms with van der Waals surface area (Å²) in [4.78, 5) is 19.1. The summed E-state index contributed by atoms with van der Waals surface area (Å²) >= 11 is 0. The number of carbonyl (C=O) groups is 1. The molecule has 2 aromatic rings. The number of anilines is 1. The van der Waals surface area contributed by atoms with Crippen molar-refractivity contribution in [2.75, 3.05) is 45.7 Å². The lowest BCUT2D eigenvalue weighted by Crippen LogP contribution is -2.45. The maximum absolute atomic E-state index is 12.2. The van der Waals surface area contributed by atoms with E-state index in [2.05, 4.69) is 44.0 Å². The first-order valence-electron chi connectivity index (χ1n) is 11.9. The van der Waals surface area contributed by atoms with Crippen molar-refractivity contribution in [2.24, 2.45) is 4.99 Å².